The normalized spacial score (nSPS) is 10.5. The summed E-state index contributed by atoms with van der Waals surface area (Å²) >= 11 is 13.5. The molecule has 4 rings (SSSR count). The Morgan fingerprint density at radius 2 is 1.03 bits per heavy atom. The van der Waals surface area contributed by atoms with Crippen molar-refractivity contribution in [1.29, 1.82) is 0 Å². The Kier molecular flexibility index (Phi) is 10.5. The first-order chi connectivity index (χ1) is 19.0. The van der Waals surface area contributed by atoms with Crippen molar-refractivity contribution in [3.8, 4) is 11.5 Å². The molecule has 0 spiro atoms. The molecule has 0 atom stereocenters. The molecule has 0 saturated carbocycles. The van der Waals surface area contributed by atoms with Gasteiger partial charge in [-0.1, -0.05) is 83.9 Å². The van der Waals surface area contributed by atoms with Crippen LogP contribution < -0.4 is 20.1 Å². The van der Waals surface area contributed by atoms with Gasteiger partial charge in [0.2, 0.25) is 11.8 Å². The molecule has 0 aliphatic rings. The summed E-state index contributed by atoms with van der Waals surface area (Å²) < 4.78 is 11.8. The van der Waals surface area contributed by atoms with Crippen LogP contribution in [0.25, 0.3) is 0 Å². The minimum atomic E-state index is -0.283. The van der Waals surface area contributed by atoms with E-state index in [2.05, 4.69) is 10.6 Å². The molecule has 0 bridgehead atoms. The molecule has 4 aromatic rings. The maximum absolute atomic E-state index is 12.6. The minimum absolute atomic E-state index is 0.0605. The molecule has 0 heterocycles. The zero-order chi connectivity index (χ0) is 27.5. The number of carbonyl (C=O) groups excluding carboxylic acids is 2. The van der Waals surface area contributed by atoms with Gasteiger partial charge in [-0.3, -0.25) is 9.59 Å². The summed E-state index contributed by atoms with van der Waals surface area (Å²) in [7, 11) is 0. The molecule has 0 saturated heterocycles. The van der Waals surface area contributed by atoms with Crippen LogP contribution in [-0.2, 0) is 22.8 Å². The number of anilines is 2. The molecule has 2 N–H and O–H groups in total. The molecule has 0 fully saturated rings. The van der Waals surface area contributed by atoms with Crippen LogP contribution in [0.2, 0.25) is 10.0 Å². The number of benzene rings is 4. The first-order valence-corrected chi connectivity index (χ1v) is 14.0. The van der Waals surface area contributed by atoms with Gasteiger partial charge >= 0.3 is 0 Å². The molecule has 6 nitrogen and oxygen atoms in total. The highest BCUT2D eigenvalue weighted by Crippen LogP contribution is 2.30. The van der Waals surface area contributed by atoms with Crippen LogP contribution in [0.5, 0.6) is 11.5 Å². The Balaban J connectivity index is 1.27. The lowest BCUT2D eigenvalue weighted by atomic mass is 10.2. The maximum atomic E-state index is 12.6. The topological polar surface area (TPSA) is 76.7 Å². The number of carbonyl (C=O) groups is 2. The van der Waals surface area contributed by atoms with Crippen molar-refractivity contribution >= 4 is 58.2 Å². The SMILES string of the molecule is O=C(CSCC(=O)Nc1cc(Cl)ccc1OCc1ccccc1)Nc1cc(Cl)ccc1OCc1ccccc1. The Labute approximate surface area is 241 Å². The van der Waals surface area contributed by atoms with Gasteiger partial charge in [-0.15, -0.1) is 11.8 Å². The number of ether oxygens (including phenoxy) is 2. The highest BCUT2D eigenvalue weighted by Gasteiger charge is 2.13. The van der Waals surface area contributed by atoms with Crippen molar-refractivity contribution in [2.24, 2.45) is 0 Å². The second-order valence-electron chi connectivity index (χ2n) is 8.42. The van der Waals surface area contributed by atoms with Gasteiger partial charge in [-0.2, -0.15) is 0 Å². The fourth-order valence-electron chi connectivity index (χ4n) is 3.53. The van der Waals surface area contributed by atoms with E-state index in [0.717, 1.165) is 11.1 Å². The fourth-order valence-corrected chi connectivity index (χ4v) is 4.49. The van der Waals surface area contributed by atoms with Crippen molar-refractivity contribution in [2.75, 3.05) is 22.1 Å². The van der Waals surface area contributed by atoms with E-state index in [1.165, 1.54) is 11.8 Å². The minimum Gasteiger partial charge on any atom is -0.487 e. The molecule has 9 heteroatoms. The highest BCUT2D eigenvalue weighted by molar-refractivity contribution is 8.00. The molecule has 0 radical (unpaired) electrons. The maximum Gasteiger partial charge on any atom is 0.234 e. The van der Waals surface area contributed by atoms with Crippen LogP contribution in [-0.4, -0.2) is 23.3 Å². The molecular formula is C30H26Cl2N2O4S. The van der Waals surface area contributed by atoms with Crippen LogP contribution in [0.3, 0.4) is 0 Å². The summed E-state index contributed by atoms with van der Waals surface area (Å²) in [5, 5.41) is 6.58. The lowest BCUT2D eigenvalue weighted by Gasteiger charge is -2.14. The fraction of sp³-hybridized carbons (Fsp3) is 0.133. The van der Waals surface area contributed by atoms with Crippen LogP contribution in [0.1, 0.15) is 11.1 Å². The number of halogens is 2. The summed E-state index contributed by atoms with van der Waals surface area (Å²) in [5.74, 6) is 0.561. The summed E-state index contributed by atoms with van der Waals surface area (Å²) in [5.41, 5.74) is 2.93. The largest absolute Gasteiger partial charge is 0.487 e. The Hall–Kier alpha value is -3.65. The third-order valence-electron chi connectivity index (χ3n) is 5.37. The summed E-state index contributed by atoms with van der Waals surface area (Å²) in [6, 6.07) is 29.5. The monoisotopic (exact) mass is 580 g/mol. The van der Waals surface area contributed by atoms with Gasteiger partial charge in [0.25, 0.3) is 0 Å². The van der Waals surface area contributed by atoms with Crippen molar-refractivity contribution in [3.63, 3.8) is 0 Å². The lowest BCUT2D eigenvalue weighted by Crippen LogP contribution is -2.19. The van der Waals surface area contributed by atoms with Crippen LogP contribution in [0.4, 0.5) is 11.4 Å². The van der Waals surface area contributed by atoms with E-state index in [4.69, 9.17) is 32.7 Å². The van der Waals surface area contributed by atoms with Crippen molar-refractivity contribution in [2.45, 2.75) is 13.2 Å². The van der Waals surface area contributed by atoms with Gasteiger partial charge in [0.05, 0.1) is 22.9 Å². The molecule has 0 aliphatic heterocycles. The van der Waals surface area contributed by atoms with E-state index in [1.54, 1.807) is 36.4 Å². The molecular weight excluding hydrogens is 555 g/mol. The predicted molar refractivity (Wildman–Crippen MR) is 159 cm³/mol. The quantitative estimate of drug-likeness (QED) is 0.182. The standard InChI is InChI=1S/C30H26Cl2N2O4S/c31-23-11-13-27(37-17-21-7-3-1-4-8-21)25(15-23)33-29(35)19-39-20-30(36)34-26-16-24(32)12-14-28(26)38-18-22-9-5-2-6-10-22/h1-16H,17-20H2,(H,33,35)(H,34,36). The molecule has 0 aliphatic carbocycles. The van der Waals surface area contributed by atoms with Crippen molar-refractivity contribution in [1.82, 2.24) is 0 Å². The molecule has 0 unspecified atom stereocenters. The number of hydrogen-bond donors (Lipinski definition) is 2. The zero-order valence-electron chi connectivity index (χ0n) is 20.9. The van der Waals surface area contributed by atoms with E-state index in [1.807, 2.05) is 60.7 Å². The van der Waals surface area contributed by atoms with Crippen molar-refractivity contribution in [3.05, 3.63) is 118 Å². The third-order valence-corrected chi connectivity index (χ3v) is 6.77. The number of amides is 2. The second-order valence-corrected chi connectivity index (χ2v) is 10.3. The van der Waals surface area contributed by atoms with E-state index in [-0.39, 0.29) is 23.3 Å². The van der Waals surface area contributed by atoms with Gasteiger partial charge in [0, 0.05) is 10.0 Å². The molecule has 39 heavy (non-hydrogen) atoms. The zero-order valence-corrected chi connectivity index (χ0v) is 23.2. The van der Waals surface area contributed by atoms with Gasteiger partial charge in [-0.05, 0) is 47.5 Å². The molecule has 2 amide bonds. The van der Waals surface area contributed by atoms with Gasteiger partial charge in [0.1, 0.15) is 24.7 Å². The molecule has 4 aromatic carbocycles. The van der Waals surface area contributed by atoms with Crippen LogP contribution in [0.15, 0.2) is 97.1 Å². The summed E-state index contributed by atoms with van der Waals surface area (Å²) in [6.07, 6.45) is 0. The van der Waals surface area contributed by atoms with Gasteiger partial charge < -0.3 is 20.1 Å². The number of thioether (sulfide) groups is 1. The first kappa shape index (κ1) is 28.4. The predicted octanol–water partition coefficient (Wildman–Crippen LogP) is 7.46. The Morgan fingerprint density at radius 1 is 0.615 bits per heavy atom. The third kappa shape index (κ3) is 9.25. The lowest BCUT2D eigenvalue weighted by molar-refractivity contribution is -0.114. The Bertz CT molecular complexity index is 1300. The smallest absolute Gasteiger partial charge is 0.234 e. The first-order valence-electron chi connectivity index (χ1n) is 12.1. The number of rotatable bonds is 12. The van der Waals surface area contributed by atoms with E-state index in [0.29, 0.717) is 46.1 Å². The van der Waals surface area contributed by atoms with E-state index >= 15 is 0 Å². The average molecular weight is 582 g/mol. The van der Waals surface area contributed by atoms with Crippen LogP contribution in [0, 0.1) is 0 Å². The van der Waals surface area contributed by atoms with E-state index in [9.17, 15) is 9.59 Å². The number of hydrogen-bond acceptors (Lipinski definition) is 5. The Morgan fingerprint density at radius 3 is 1.44 bits per heavy atom. The van der Waals surface area contributed by atoms with E-state index < -0.39 is 0 Å². The molecule has 200 valence electrons. The van der Waals surface area contributed by atoms with Crippen LogP contribution >= 0.6 is 35.0 Å². The van der Waals surface area contributed by atoms with Crippen molar-refractivity contribution < 1.29 is 19.1 Å². The number of nitrogens with one attached hydrogen (secondary N) is 2. The second kappa shape index (κ2) is 14.5. The van der Waals surface area contributed by atoms with Gasteiger partial charge in [0.15, 0.2) is 0 Å². The molecule has 0 aromatic heterocycles. The summed E-state index contributed by atoms with van der Waals surface area (Å²) in [4.78, 5) is 25.2. The van der Waals surface area contributed by atoms with Gasteiger partial charge in [-0.25, -0.2) is 0 Å². The summed E-state index contributed by atoms with van der Waals surface area (Å²) in [6.45, 7) is 0.696. The highest BCUT2D eigenvalue weighted by atomic mass is 35.5. The average Bonchev–Trinajstić information content (AvgIpc) is 2.93.